The first kappa shape index (κ1) is 8.36. The summed E-state index contributed by atoms with van der Waals surface area (Å²) in [4.78, 5) is 13.9. The SMILES string of the molecule is O=C(O)C1(Cl)N=CC=C(Cl)N1. The number of nitrogens with one attached hydrogen (secondary N) is 1. The van der Waals surface area contributed by atoms with Crippen molar-refractivity contribution in [1.82, 2.24) is 5.32 Å². The third-order valence-electron chi connectivity index (χ3n) is 1.04. The summed E-state index contributed by atoms with van der Waals surface area (Å²) in [5, 5.41) is 9.12. The van der Waals surface area contributed by atoms with Gasteiger partial charge < -0.3 is 10.4 Å². The second-order valence-electron chi connectivity index (χ2n) is 1.85. The average molecular weight is 195 g/mol. The van der Waals surface area contributed by atoms with E-state index < -0.39 is 11.1 Å². The third kappa shape index (κ3) is 1.64. The van der Waals surface area contributed by atoms with Gasteiger partial charge in [0.15, 0.2) is 0 Å². The number of rotatable bonds is 1. The highest BCUT2D eigenvalue weighted by Gasteiger charge is 2.36. The molecule has 60 valence electrons. The molecule has 0 spiro atoms. The van der Waals surface area contributed by atoms with Crippen molar-refractivity contribution >= 4 is 35.4 Å². The molecule has 0 amide bonds. The summed E-state index contributed by atoms with van der Waals surface area (Å²) in [6.07, 6.45) is 2.64. The van der Waals surface area contributed by atoms with Crippen LogP contribution in [0.3, 0.4) is 0 Å². The maximum absolute atomic E-state index is 10.4. The first-order chi connectivity index (χ1) is 5.04. The number of halogens is 2. The molecule has 0 saturated heterocycles. The van der Waals surface area contributed by atoms with Crippen molar-refractivity contribution in [1.29, 1.82) is 0 Å². The number of carboxylic acid groups (broad SMARTS) is 1. The van der Waals surface area contributed by atoms with Crippen LogP contribution in [0.15, 0.2) is 16.2 Å². The van der Waals surface area contributed by atoms with Crippen LogP contribution < -0.4 is 5.32 Å². The monoisotopic (exact) mass is 194 g/mol. The van der Waals surface area contributed by atoms with E-state index in [4.69, 9.17) is 28.3 Å². The van der Waals surface area contributed by atoms with Crippen LogP contribution in [0.4, 0.5) is 0 Å². The van der Waals surface area contributed by atoms with Crippen LogP contribution in [-0.2, 0) is 4.79 Å². The minimum absolute atomic E-state index is 0.150. The van der Waals surface area contributed by atoms with Crippen LogP contribution in [0.1, 0.15) is 0 Å². The molecule has 6 heteroatoms. The number of hydrogen-bond donors (Lipinski definition) is 2. The summed E-state index contributed by atoms with van der Waals surface area (Å²) in [5.74, 6) is -1.29. The lowest BCUT2D eigenvalue weighted by Crippen LogP contribution is -2.45. The van der Waals surface area contributed by atoms with Gasteiger partial charge in [0.25, 0.3) is 0 Å². The number of aliphatic imine (C=N–C) groups is 1. The number of alkyl halides is 1. The molecule has 0 aliphatic carbocycles. The molecule has 4 nitrogen and oxygen atoms in total. The lowest BCUT2D eigenvalue weighted by atomic mass is 10.4. The van der Waals surface area contributed by atoms with Gasteiger partial charge in [-0.2, -0.15) is 0 Å². The molecule has 0 bridgehead atoms. The number of carbonyl (C=O) groups is 1. The Morgan fingerprint density at radius 2 is 2.45 bits per heavy atom. The summed E-state index contributed by atoms with van der Waals surface area (Å²) in [7, 11) is 0. The Bertz CT molecular complexity index is 251. The van der Waals surface area contributed by atoms with E-state index >= 15 is 0 Å². The number of allylic oxidation sites excluding steroid dienone is 1. The molecule has 1 atom stereocenters. The van der Waals surface area contributed by atoms with Crippen LogP contribution in [0.2, 0.25) is 0 Å². The minimum Gasteiger partial charge on any atom is -0.477 e. The maximum Gasteiger partial charge on any atom is 0.369 e. The lowest BCUT2D eigenvalue weighted by molar-refractivity contribution is -0.140. The molecule has 11 heavy (non-hydrogen) atoms. The Morgan fingerprint density at radius 3 is 2.82 bits per heavy atom. The van der Waals surface area contributed by atoms with Crippen LogP contribution in [0.5, 0.6) is 0 Å². The quantitative estimate of drug-likeness (QED) is 0.478. The van der Waals surface area contributed by atoms with E-state index in [9.17, 15) is 4.79 Å². The number of hydrogen-bond acceptors (Lipinski definition) is 3. The van der Waals surface area contributed by atoms with E-state index in [1.807, 2.05) is 0 Å². The van der Waals surface area contributed by atoms with Crippen LogP contribution in [0.25, 0.3) is 0 Å². The molecule has 0 aromatic carbocycles. The molecule has 0 radical (unpaired) electrons. The van der Waals surface area contributed by atoms with E-state index in [-0.39, 0.29) is 5.16 Å². The molecule has 0 aromatic heterocycles. The minimum atomic E-state index is -1.84. The maximum atomic E-state index is 10.4. The van der Waals surface area contributed by atoms with Gasteiger partial charge in [-0.3, -0.25) is 0 Å². The van der Waals surface area contributed by atoms with E-state index in [0.717, 1.165) is 0 Å². The molecular formula is C5H4Cl2N2O2. The van der Waals surface area contributed by atoms with Crippen molar-refractivity contribution in [3.63, 3.8) is 0 Å². The van der Waals surface area contributed by atoms with E-state index in [1.165, 1.54) is 12.3 Å². The molecule has 1 rings (SSSR count). The number of nitrogens with zero attached hydrogens (tertiary/aromatic N) is 1. The Labute approximate surface area is 72.5 Å². The van der Waals surface area contributed by atoms with Crippen molar-refractivity contribution in [2.45, 2.75) is 5.12 Å². The zero-order valence-electron chi connectivity index (χ0n) is 5.21. The summed E-state index contributed by atoms with van der Waals surface area (Å²) < 4.78 is 0. The van der Waals surface area contributed by atoms with Gasteiger partial charge in [0.05, 0.1) is 0 Å². The predicted molar refractivity (Wildman–Crippen MR) is 41.8 cm³/mol. The van der Waals surface area contributed by atoms with E-state index in [2.05, 4.69) is 10.3 Å². The molecule has 0 fully saturated rings. The molecule has 1 aliphatic rings. The van der Waals surface area contributed by atoms with E-state index in [0.29, 0.717) is 0 Å². The number of carboxylic acids is 1. The highest BCUT2D eigenvalue weighted by molar-refractivity contribution is 6.36. The topological polar surface area (TPSA) is 61.7 Å². The third-order valence-corrected chi connectivity index (χ3v) is 1.62. The predicted octanol–water partition coefficient (Wildman–Crippen LogP) is 0.718. The second kappa shape index (κ2) is 2.71. The second-order valence-corrected chi connectivity index (χ2v) is 2.80. The standard InChI is InChI=1S/C5H4Cl2N2O2/c6-3-1-2-8-5(7,9-3)4(10)11/h1-2,9H,(H,10,11). The summed E-state index contributed by atoms with van der Waals surface area (Å²) in [6.45, 7) is 0. The summed E-state index contributed by atoms with van der Waals surface area (Å²) in [5.41, 5.74) is 0. The fourth-order valence-corrected chi connectivity index (χ4v) is 0.946. The molecule has 1 unspecified atom stereocenters. The van der Waals surface area contributed by atoms with Crippen molar-refractivity contribution in [3.8, 4) is 0 Å². The van der Waals surface area contributed by atoms with Crippen molar-refractivity contribution in [2.75, 3.05) is 0 Å². The zero-order valence-corrected chi connectivity index (χ0v) is 6.73. The summed E-state index contributed by atoms with van der Waals surface area (Å²) >= 11 is 10.9. The van der Waals surface area contributed by atoms with Gasteiger partial charge in [-0.1, -0.05) is 23.2 Å². The molecule has 2 N–H and O–H groups in total. The van der Waals surface area contributed by atoms with Gasteiger partial charge >= 0.3 is 11.1 Å². The molecular weight excluding hydrogens is 191 g/mol. The summed E-state index contributed by atoms with van der Waals surface area (Å²) in [6, 6.07) is 0. The van der Waals surface area contributed by atoms with Gasteiger partial charge in [0.2, 0.25) is 0 Å². The van der Waals surface area contributed by atoms with Crippen molar-refractivity contribution < 1.29 is 9.90 Å². The van der Waals surface area contributed by atoms with Gasteiger partial charge in [-0.05, 0) is 6.08 Å². The highest BCUT2D eigenvalue weighted by Crippen LogP contribution is 2.19. The van der Waals surface area contributed by atoms with Gasteiger partial charge in [0, 0.05) is 6.21 Å². The fraction of sp³-hybridized carbons (Fsp3) is 0.200. The zero-order chi connectivity index (χ0) is 8.48. The van der Waals surface area contributed by atoms with Crippen LogP contribution in [-0.4, -0.2) is 22.4 Å². The van der Waals surface area contributed by atoms with Gasteiger partial charge in [0.1, 0.15) is 5.16 Å². The van der Waals surface area contributed by atoms with E-state index in [1.54, 1.807) is 0 Å². The number of aliphatic carboxylic acids is 1. The fourth-order valence-electron chi connectivity index (χ4n) is 0.546. The molecule has 0 saturated carbocycles. The molecule has 0 aromatic rings. The van der Waals surface area contributed by atoms with Gasteiger partial charge in [-0.25, -0.2) is 9.79 Å². The van der Waals surface area contributed by atoms with Gasteiger partial charge in [-0.15, -0.1) is 0 Å². The van der Waals surface area contributed by atoms with Crippen molar-refractivity contribution in [2.24, 2.45) is 4.99 Å². The molecule has 1 aliphatic heterocycles. The molecule has 1 heterocycles. The Morgan fingerprint density at radius 1 is 1.82 bits per heavy atom. The normalized spacial score (nSPS) is 29.1. The Balaban J connectivity index is 2.86. The lowest BCUT2D eigenvalue weighted by Gasteiger charge is -2.21. The van der Waals surface area contributed by atoms with Crippen LogP contribution in [0, 0.1) is 0 Å². The van der Waals surface area contributed by atoms with Crippen molar-refractivity contribution in [3.05, 3.63) is 11.2 Å². The average Bonchev–Trinajstić information content (AvgIpc) is 1.86. The Kier molecular flexibility index (Phi) is 2.06. The van der Waals surface area contributed by atoms with Crippen LogP contribution >= 0.6 is 23.2 Å². The smallest absolute Gasteiger partial charge is 0.369 e. The Hall–Kier alpha value is -0.740. The first-order valence-corrected chi connectivity index (χ1v) is 3.42. The highest BCUT2D eigenvalue weighted by atomic mass is 35.5. The first-order valence-electron chi connectivity index (χ1n) is 2.66. The largest absolute Gasteiger partial charge is 0.477 e.